The smallest absolute Gasteiger partial charge is 0.345 e. The number of carbonyl (C=O) groups excluding carboxylic acids is 3. The summed E-state index contributed by atoms with van der Waals surface area (Å²) in [6.45, 7) is 11.1. The van der Waals surface area contributed by atoms with Crippen molar-refractivity contribution in [2.75, 3.05) is 40.6 Å². The Morgan fingerprint density at radius 2 is 1.31 bits per heavy atom. The van der Waals surface area contributed by atoms with E-state index in [0.717, 1.165) is 15.4 Å². The zero-order chi connectivity index (χ0) is 40.3. The summed E-state index contributed by atoms with van der Waals surface area (Å²) in [5, 5.41) is 0. The van der Waals surface area contributed by atoms with Gasteiger partial charge < -0.3 is 33.2 Å². The number of methoxy groups -OCH3 is 2. The Morgan fingerprint density at radius 1 is 0.764 bits per heavy atom. The Kier molecular flexibility index (Phi) is 12.4. The summed E-state index contributed by atoms with van der Waals surface area (Å²) in [6.07, 6.45) is -1.43. The van der Waals surface area contributed by atoms with Gasteiger partial charge in [-0.05, 0) is 81.5 Å². The van der Waals surface area contributed by atoms with Crippen LogP contribution in [0, 0.1) is 12.3 Å². The van der Waals surface area contributed by atoms with Crippen molar-refractivity contribution in [3.05, 3.63) is 89.0 Å². The summed E-state index contributed by atoms with van der Waals surface area (Å²) in [5.74, 6) is -5.55. The Morgan fingerprint density at radius 3 is 1.82 bits per heavy atom. The molecule has 0 aliphatic carbocycles. The Hall–Kier alpha value is -4.50. The summed E-state index contributed by atoms with van der Waals surface area (Å²) in [5.41, 5.74) is -2.97. The number of hydrogen-bond acceptors (Lipinski definition) is 12. The molecule has 3 aromatic rings. The van der Waals surface area contributed by atoms with Gasteiger partial charge in [0, 0.05) is 13.0 Å². The predicted octanol–water partition coefficient (Wildman–Crippen LogP) is 6.19. The maximum Gasteiger partial charge on any atom is 0.345 e. The van der Waals surface area contributed by atoms with Gasteiger partial charge in [0.1, 0.15) is 5.41 Å². The molecule has 13 nitrogen and oxygen atoms in total. The molecule has 14 heteroatoms. The molecule has 0 bridgehead atoms. The van der Waals surface area contributed by atoms with Crippen LogP contribution in [-0.4, -0.2) is 82.6 Å². The number of fused-ring (bicyclic) bond motifs is 1. The van der Waals surface area contributed by atoms with Crippen LogP contribution in [0.1, 0.15) is 88.3 Å². The second-order valence-electron chi connectivity index (χ2n) is 13.7. The second-order valence-corrected chi connectivity index (χ2v) is 15.5. The van der Waals surface area contributed by atoms with E-state index >= 15 is 22.8 Å². The van der Waals surface area contributed by atoms with E-state index in [0.29, 0.717) is 17.1 Å². The van der Waals surface area contributed by atoms with Gasteiger partial charge in [0.15, 0.2) is 11.5 Å². The topological polar surface area (TPSA) is 153 Å². The molecular weight excluding hydrogens is 731 g/mol. The highest BCUT2D eigenvalue weighted by Gasteiger charge is 2.92. The van der Waals surface area contributed by atoms with Crippen LogP contribution in [0.4, 0.5) is 0 Å². The first-order chi connectivity index (χ1) is 26.2. The van der Waals surface area contributed by atoms with E-state index < -0.39 is 56.8 Å². The van der Waals surface area contributed by atoms with Crippen LogP contribution in [0.5, 0.6) is 11.5 Å². The molecule has 55 heavy (non-hydrogen) atoms. The first kappa shape index (κ1) is 41.7. The average molecular weight is 782 g/mol. The Labute approximate surface area is 323 Å². The third-order valence-electron chi connectivity index (χ3n) is 10.3. The molecule has 2 aliphatic rings. The SMILES string of the molecule is CCOC(=O)C1(C(=O)OCC)N(S(=O)(=O)c2ccc(C)cc2)[C@H](c2ccc(C(C)C)cc2)[C@]2(C(=O)OCC)C[C@H](c3ccc(OC)c(OC)c3)O[C@]12OCC. The van der Waals surface area contributed by atoms with Gasteiger partial charge in [-0.1, -0.05) is 61.9 Å². The van der Waals surface area contributed by atoms with Crippen LogP contribution < -0.4 is 9.47 Å². The van der Waals surface area contributed by atoms with Crippen LogP contribution in [0.3, 0.4) is 0 Å². The van der Waals surface area contributed by atoms with Gasteiger partial charge in [-0.15, -0.1) is 0 Å². The van der Waals surface area contributed by atoms with E-state index in [1.807, 2.05) is 26.0 Å². The van der Waals surface area contributed by atoms with Gasteiger partial charge in [-0.25, -0.2) is 18.0 Å². The van der Waals surface area contributed by atoms with Gasteiger partial charge in [0.25, 0.3) is 5.54 Å². The molecule has 0 amide bonds. The van der Waals surface area contributed by atoms with E-state index in [2.05, 4.69) is 0 Å². The first-order valence-electron chi connectivity index (χ1n) is 18.5. The van der Waals surface area contributed by atoms with E-state index in [1.165, 1.54) is 40.2 Å². The van der Waals surface area contributed by atoms with Crippen LogP contribution >= 0.6 is 0 Å². The molecule has 2 fully saturated rings. The number of sulfonamides is 1. The van der Waals surface area contributed by atoms with E-state index in [4.69, 9.17) is 33.2 Å². The fraction of sp³-hybridized carbons (Fsp3) is 0.488. The molecular formula is C41H51NO12S. The average Bonchev–Trinajstić information content (AvgIpc) is 3.62. The highest BCUT2D eigenvalue weighted by molar-refractivity contribution is 7.89. The summed E-state index contributed by atoms with van der Waals surface area (Å²) in [7, 11) is -2.02. The summed E-state index contributed by atoms with van der Waals surface area (Å²) >= 11 is 0. The number of carbonyl (C=O) groups is 3. The predicted molar refractivity (Wildman–Crippen MR) is 201 cm³/mol. The summed E-state index contributed by atoms with van der Waals surface area (Å²) in [6, 6.07) is 16.3. The monoisotopic (exact) mass is 781 g/mol. The van der Waals surface area contributed by atoms with Crippen molar-refractivity contribution in [2.24, 2.45) is 5.41 Å². The van der Waals surface area contributed by atoms with Gasteiger partial charge in [0.2, 0.25) is 15.8 Å². The molecule has 0 radical (unpaired) electrons. The van der Waals surface area contributed by atoms with Crippen molar-refractivity contribution in [1.82, 2.24) is 4.31 Å². The number of hydrogen-bond donors (Lipinski definition) is 0. The van der Waals surface area contributed by atoms with E-state index in [1.54, 1.807) is 63.2 Å². The fourth-order valence-electron chi connectivity index (χ4n) is 7.94. The number of rotatable bonds is 15. The van der Waals surface area contributed by atoms with Crippen molar-refractivity contribution < 1.29 is 56.0 Å². The first-order valence-corrected chi connectivity index (χ1v) is 19.9. The van der Waals surface area contributed by atoms with Crippen molar-refractivity contribution >= 4 is 27.9 Å². The quantitative estimate of drug-likeness (QED) is 0.0982. The molecule has 0 spiro atoms. The largest absolute Gasteiger partial charge is 0.493 e. The third-order valence-corrected chi connectivity index (χ3v) is 12.2. The van der Waals surface area contributed by atoms with Crippen molar-refractivity contribution in [3.63, 3.8) is 0 Å². The maximum atomic E-state index is 15.6. The van der Waals surface area contributed by atoms with Gasteiger partial charge in [0.05, 0.1) is 51.1 Å². The molecule has 2 saturated heterocycles. The van der Waals surface area contributed by atoms with Crippen molar-refractivity contribution in [2.45, 2.75) is 89.2 Å². The fourth-order valence-corrected chi connectivity index (χ4v) is 9.86. The number of aryl methyl sites for hydroxylation is 1. The highest BCUT2D eigenvalue weighted by atomic mass is 32.2. The van der Waals surface area contributed by atoms with Crippen LogP contribution in [0.2, 0.25) is 0 Å². The van der Waals surface area contributed by atoms with Crippen LogP contribution in [-0.2, 0) is 48.1 Å². The van der Waals surface area contributed by atoms with Gasteiger partial charge in [-0.3, -0.25) is 4.79 Å². The van der Waals surface area contributed by atoms with Crippen LogP contribution in [0.25, 0.3) is 0 Å². The lowest BCUT2D eigenvalue weighted by molar-refractivity contribution is -0.290. The number of nitrogens with zero attached hydrogens (tertiary/aromatic N) is 1. The lowest BCUT2D eigenvalue weighted by Gasteiger charge is -2.44. The molecule has 0 unspecified atom stereocenters. The maximum absolute atomic E-state index is 15.6. The van der Waals surface area contributed by atoms with E-state index in [9.17, 15) is 0 Å². The molecule has 2 aliphatic heterocycles. The standard InChI is InChI=1S/C41H51NO12S/c1-10-50-36(43)39-25-34(30-20-23-32(48-8)33(24-30)49-9)54-41(39,53-13-4)40(37(44)51-11-2,38(45)52-12-3)42(55(46,47)31-21-14-27(7)15-22-31)35(39)29-18-16-28(17-19-29)26(5)6/h14-24,26,34-35H,10-13,25H2,1-9H3/t34-,35-,39+,41+/m1/s1. The zero-order valence-electron chi connectivity index (χ0n) is 32.9. The molecule has 0 aromatic heterocycles. The van der Waals surface area contributed by atoms with Crippen molar-refractivity contribution in [1.29, 1.82) is 0 Å². The molecule has 0 saturated carbocycles. The van der Waals surface area contributed by atoms with Gasteiger partial charge in [-0.2, -0.15) is 4.31 Å². The lowest BCUT2D eigenvalue weighted by atomic mass is 9.67. The summed E-state index contributed by atoms with van der Waals surface area (Å²) in [4.78, 5) is 45.3. The number of ether oxygens (including phenoxy) is 7. The second kappa shape index (κ2) is 16.3. The number of benzene rings is 3. The number of esters is 3. The minimum Gasteiger partial charge on any atom is -0.493 e. The Bertz CT molecular complexity index is 1960. The minimum absolute atomic E-state index is 0.0916. The zero-order valence-corrected chi connectivity index (χ0v) is 33.7. The Balaban J connectivity index is 2.03. The van der Waals surface area contributed by atoms with Crippen LogP contribution in [0.15, 0.2) is 71.6 Å². The molecule has 2 heterocycles. The normalized spacial score (nSPS) is 23.2. The third kappa shape index (κ3) is 6.46. The highest BCUT2D eigenvalue weighted by Crippen LogP contribution is 2.72. The molecule has 5 rings (SSSR count). The molecule has 3 aromatic carbocycles. The molecule has 298 valence electrons. The lowest BCUT2D eigenvalue weighted by Crippen LogP contribution is -2.73. The summed E-state index contributed by atoms with van der Waals surface area (Å²) < 4.78 is 73.7. The molecule has 4 atom stereocenters. The molecule has 0 N–H and O–H groups in total. The minimum atomic E-state index is -4.97. The van der Waals surface area contributed by atoms with E-state index in [-0.39, 0.29) is 49.2 Å². The van der Waals surface area contributed by atoms with Gasteiger partial charge >= 0.3 is 17.9 Å². The van der Waals surface area contributed by atoms with Crippen molar-refractivity contribution in [3.8, 4) is 11.5 Å².